The van der Waals surface area contributed by atoms with Crippen molar-refractivity contribution in [3.63, 3.8) is 0 Å². The number of hydrogen-bond donors (Lipinski definition) is 0. The maximum absolute atomic E-state index is 4.11. The summed E-state index contributed by atoms with van der Waals surface area (Å²) in [5.74, 6) is 0. The van der Waals surface area contributed by atoms with Gasteiger partial charge in [0.2, 0.25) is 0 Å². The van der Waals surface area contributed by atoms with Crippen LogP contribution in [0, 0.1) is 0 Å². The Morgan fingerprint density at radius 3 is 2.92 bits per heavy atom. The average Bonchev–Trinajstić information content (AvgIpc) is 2.58. The Balaban J connectivity index is 2.50. The molecule has 2 heterocycles. The van der Waals surface area contributed by atoms with Crippen LogP contribution < -0.4 is 0 Å². The molecule has 0 N–H and O–H groups in total. The van der Waals surface area contributed by atoms with Gasteiger partial charge in [0.15, 0.2) is 0 Å². The second-order valence-corrected chi connectivity index (χ2v) is 4.30. The van der Waals surface area contributed by atoms with Gasteiger partial charge in [0.05, 0.1) is 10.6 Å². The molecule has 0 radical (unpaired) electrons. The molecule has 0 amide bonds. The Bertz CT molecular complexity index is 391. The van der Waals surface area contributed by atoms with Crippen LogP contribution in [0.2, 0.25) is 0 Å². The molecule has 0 aromatic carbocycles. The van der Waals surface area contributed by atoms with E-state index in [-0.39, 0.29) is 0 Å². The monoisotopic (exact) mass is 242 g/mol. The summed E-state index contributed by atoms with van der Waals surface area (Å²) in [6, 6.07) is 4.11. The lowest BCUT2D eigenvalue weighted by molar-refractivity contribution is 0.777. The summed E-state index contributed by atoms with van der Waals surface area (Å²) in [5, 5.41) is 6.18. The summed E-state index contributed by atoms with van der Waals surface area (Å²) >= 11 is 5.14. The van der Waals surface area contributed by atoms with E-state index in [2.05, 4.69) is 32.5 Å². The lowest BCUT2D eigenvalue weighted by Crippen LogP contribution is -1.90. The normalized spacial score (nSPS) is 10.5. The van der Waals surface area contributed by atoms with E-state index in [0.29, 0.717) is 0 Å². The van der Waals surface area contributed by atoms with Gasteiger partial charge in [0.1, 0.15) is 0 Å². The van der Waals surface area contributed by atoms with Gasteiger partial charge in [0.25, 0.3) is 0 Å². The lowest BCUT2D eigenvalue weighted by Gasteiger charge is -1.95. The first-order chi connectivity index (χ1) is 5.77. The number of aromatic nitrogens is 2. The quantitative estimate of drug-likeness (QED) is 0.752. The van der Waals surface area contributed by atoms with Crippen molar-refractivity contribution in [2.24, 2.45) is 7.05 Å². The smallest absolute Gasteiger partial charge is 0.0779 e. The Morgan fingerprint density at radius 2 is 2.42 bits per heavy atom. The van der Waals surface area contributed by atoms with Crippen molar-refractivity contribution in [1.29, 1.82) is 0 Å². The standard InChI is InChI=1S/C8H7BrN2S/c1-11-7(2-3-10-11)8-4-6(9)5-12-8/h2-5H,1H3. The predicted octanol–water partition coefficient (Wildman–Crippen LogP) is 2.91. The minimum Gasteiger partial charge on any atom is -0.267 e. The van der Waals surface area contributed by atoms with Crippen LogP contribution in [-0.2, 0) is 7.05 Å². The lowest BCUT2D eigenvalue weighted by atomic mass is 10.3. The van der Waals surface area contributed by atoms with Gasteiger partial charge in [0, 0.05) is 23.1 Å². The van der Waals surface area contributed by atoms with Gasteiger partial charge in [-0.05, 0) is 28.1 Å². The van der Waals surface area contributed by atoms with Crippen molar-refractivity contribution in [3.8, 4) is 10.6 Å². The maximum Gasteiger partial charge on any atom is 0.0779 e. The molecule has 62 valence electrons. The number of hydrogen-bond acceptors (Lipinski definition) is 2. The topological polar surface area (TPSA) is 17.8 Å². The number of nitrogens with zero attached hydrogens (tertiary/aromatic N) is 2. The highest BCUT2D eigenvalue weighted by Crippen LogP contribution is 2.28. The zero-order chi connectivity index (χ0) is 8.55. The third-order valence-electron chi connectivity index (χ3n) is 1.64. The van der Waals surface area contributed by atoms with E-state index in [0.717, 1.165) is 10.2 Å². The number of aryl methyl sites for hydroxylation is 1. The summed E-state index contributed by atoms with van der Waals surface area (Å²) in [6.07, 6.45) is 1.81. The molecule has 2 nitrogen and oxygen atoms in total. The average molecular weight is 243 g/mol. The Kier molecular flexibility index (Phi) is 2.02. The van der Waals surface area contributed by atoms with Crippen LogP contribution in [0.5, 0.6) is 0 Å². The first-order valence-corrected chi connectivity index (χ1v) is 5.17. The Morgan fingerprint density at radius 1 is 1.58 bits per heavy atom. The molecule has 0 unspecified atom stereocenters. The van der Waals surface area contributed by atoms with E-state index in [4.69, 9.17) is 0 Å². The summed E-state index contributed by atoms with van der Waals surface area (Å²) < 4.78 is 3.00. The van der Waals surface area contributed by atoms with Crippen molar-refractivity contribution in [2.75, 3.05) is 0 Å². The van der Waals surface area contributed by atoms with E-state index in [1.54, 1.807) is 11.3 Å². The van der Waals surface area contributed by atoms with Gasteiger partial charge >= 0.3 is 0 Å². The molecule has 0 spiro atoms. The van der Waals surface area contributed by atoms with Crippen LogP contribution in [0.3, 0.4) is 0 Å². The van der Waals surface area contributed by atoms with Crippen molar-refractivity contribution >= 4 is 27.3 Å². The van der Waals surface area contributed by atoms with Crippen molar-refractivity contribution in [1.82, 2.24) is 9.78 Å². The van der Waals surface area contributed by atoms with Crippen LogP contribution in [0.15, 0.2) is 28.2 Å². The fraction of sp³-hybridized carbons (Fsp3) is 0.125. The van der Waals surface area contributed by atoms with Crippen LogP contribution in [0.4, 0.5) is 0 Å². The molecule has 2 rings (SSSR count). The van der Waals surface area contributed by atoms with Crippen LogP contribution in [0.25, 0.3) is 10.6 Å². The predicted molar refractivity (Wildman–Crippen MR) is 54.2 cm³/mol. The van der Waals surface area contributed by atoms with Crippen LogP contribution in [0.1, 0.15) is 0 Å². The zero-order valence-corrected chi connectivity index (χ0v) is 8.89. The number of thiophene rings is 1. The van der Waals surface area contributed by atoms with Crippen LogP contribution in [-0.4, -0.2) is 9.78 Å². The first-order valence-electron chi connectivity index (χ1n) is 3.50. The largest absolute Gasteiger partial charge is 0.267 e. The highest BCUT2D eigenvalue weighted by Gasteiger charge is 2.03. The van der Waals surface area contributed by atoms with E-state index < -0.39 is 0 Å². The highest BCUT2D eigenvalue weighted by atomic mass is 79.9. The number of halogens is 1. The SMILES string of the molecule is Cn1nccc1-c1cc(Br)cs1. The third kappa shape index (κ3) is 1.32. The van der Waals surface area contributed by atoms with Crippen LogP contribution >= 0.6 is 27.3 Å². The minimum absolute atomic E-state index is 1.13. The van der Waals surface area contributed by atoms with Gasteiger partial charge in [-0.25, -0.2) is 0 Å². The van der Waals surface area contributed by atoms with Gasteiger partial charge in [-0.2, -0.15) is 5.10 Å². The second kappa shape index (κ2) is 3.03. The van der Waals surface area contributed by atoms with Gasteiger partial charge in [-0.1, -0.05) is 0 Å². The molecule has 0 fully saturated rings. The zero-order valence-electron chi connectivity index (χ0n) is 6.49. The van der Waals surface area contributed by atoms with Crippen molar-refractivity contribution < 1.29 is 0 Å². The fourth-order valence-corrected chi connectivity index (χ4v) is 2.55. The van der Waals surface area contributed by atoms with Crippen molar-refractivity contribution in [2.45, 2.75) is 0 Å². The first kappa shape index (κ1) is 8.01. The summed E-state index contributed by atoms with van der Waals surface area (Å²) in [6.45, 7) is 0. The number of rotatable bonds is 1. The van der Waals surface area contributed by atoms with Gasteiger partial charge < -0.3 is 0 Å². The summed E-state index contributed by atoms with van der Waals surface area (Å²) in [7, 11) is 1.95. The molecule has 0 atom stereocenters. The minimum atomic E-state index is 1.13. The molecular weight excluding hydrogens is 236 g/mol. The van der Waals surface area contributed by atoms with Gasteiger partial charge in [-0.3, -0.25) is 4.68 Å². The molecular formula is C8H7BrN2S. The maximum atomic E-state index is 4.11. The fourth-order valence-electron chi connectivity index (χ4n) is 1.06. The highest BCUT2D eigenvalue weighted by molar-refractivity contribution is 9.10. The molecule has 0 saturated carbocycles. The molecule has 12 heavy (non-hydrogen) atoms. The Labute approximate surface area is 83.0 Å². The van der Waals surface area contributed by atoms with E-state index >= 15 is 0 Å². The third-order valence-corrected chi connectivity index (χ3v) is 3.35. The summed E-state index contributed by atoms with van der Waals surface area (Å²) in [4.78, 5) is 1.24. The van der Waals surface area contributed by atoms with Crippen molar-refractivity contribution in [3.05, 3.63) is 28.2 Å². The molecule has 0 aliphatic carbocycles. The molecule has 4 heteroatoms. The molecule has 2 aromatic heterocycles. The Hall–Kier alpha value is -0.610. The summed E-state index contributed by atoms with van der Waals surface area (Å²) in [5.41, 5.74) is 1.16. The van der Waals surface area contributed by atoms with Gasteiger partial charge in [-0.15, -0.1) is 11.3 Å². The van der Waals surface area contributed by atoms with E-state index in [1.807, 2.05) is 24.0 Å². The molecule has 0 bridgehead atoms. The molecule has 0 saturated heterocycles. The molecule has 0 aliphatic heterocycles. The second-order valence-electron chi connectivity index (χ2n) is 2.47. The molecule has 0 aliphatic rings. The van der Waals surface area contributed by atoms with E-state index in [9.17, 15) is 0 Å². The van der Waals surface area contributed by atoms with E-state index in [1.165, 1.54) is 4.88 Å². The molecule has 2 aromatic rings.